The quantitative estimate of drug-likeness (QED) is 0.801. The minimum Gasteiger partial charge on any atom is -0.392 e. The predicted octanol–water partition coefficient (Wildman–Crippen LogP) is 0.126. The molecular weight excluding hydrogens is 238 g/mol. The Morgan fingerprint density at radius 1 is 1.76 bits per heavy atom. The number of amides is 1. The summed E-state index contributed by atoms with van der Waals surface area (Å²) < 4.78 is 0. The first-order valence-corrected chi connectivity index (χ1v) is 6.50. The molecule has 0 aromatic carbocycles. The Bertz CT molecular complexity index is 407. The third-order valence-corrected chi connectivity index (χ3v) is 3.95. The number of aliphatic hydroxyl groups excluding tert-OH is 1. The van der Waals surface area contributed by atoms with Gasteiger partial charge in [-0.15, -0.1) is 11.3 Å². The van der Waals surface area contributed by atoms with Crippen LogP contribution < -0.4 is 5.73 Å². The average Bonchev–Trinajstić information content (AvgIpc) is 2.74. The second-order valence-corrected chi connectivity index (χ2v) is 5.73. The number of aliphatic hydroxyl groups is 1. The van der Waals surface area contributed by atoms with Gasteiger partial charge in [0.25, 0.3) is 0 Å². The zero-order valence-corrected chi connectivity index (χ0v) is 10.6. The molecule has 3 N–H and O–H groups in total. The van der Waals surface area contributed by atoms with Crippen LogP contribution in [0.1, 0.15) is 23.2 Å². The van der Waals surface area contributed by atoms with Gasteiger partial charge in [-0.2, -0.15) is 0 Å². The van der Waals surface area contributed by atoms with Crippen molar-refractivity contribution < 1.29 is 9.90 Å². The van der Waals surface area contributed by atoms with Crippen molar-refractivity contribution in [2.45, 2.75) is 38.5 Å². The van der Waals surface area contributed by atoms with Crippen molar-refractivity contribution in [1.82, 2.24) is 9.88 Å². The van der Waals surface area contributed by atoms with Gasteiger partial charge in [-0.25, -0.2) is 4.98 Å². The molecule has 2 rings (SSSR count). The van der Waals surface area contributed by atoms with E-state index in [4.69, 9.17) is 5.73 Å². The largest absolute Gasteiger partial charge is 0.392 e. The van der Waals surface area contributed by atoms with E-state index >= 15 is 0 Å². The molecule has 1 amide bonds. The Kier molecular flexibility index (Phi) is 3.76. The number of hydrogen-bond acceptors (Lipinski definition) is 5. The molecular formula is C11H17N3O2S. The predicted molar refractivity (Wildman–Crippen MR) is 65.5 cm³/mol. The monoisotopic (exact) mass is 255 g/mol. The molecule has 2 unspecified atom stereocenters. The van der Waals surface area contributed by atoms with Crippen LogP contribution in [0.25, 0.3) is 0 Å². The number of carbonyl (C=O) groups excluding carboxylic acids is 1. The molecule has 1 aliphatic heterocycles. The van der Waals surface area contributed by atoms with E-state index in [-0.39, 0.29) is 18.4 Å². The van der Waals surface area contributed by atoms with E-state index in [9.17, 15) is 9.90 Å². The molecule has 0 radical (unpaired) electrons. The van der Waals surface area contributed by atoms with E-state index in [1.807, 2.05) is 0 Å². The van der Waals surface area contributed by atoms with Gasteiger partial charge >= 0.3 is 0 Å². The first-order chi connectivity index (χ1) is 8.04. The molecule has 1 fully saturated rings. The van der Waals surface area contributed by atoms with Crippen molar-refractivity contribution in [1.29, 1.82) is 0 Å². The van der Waals surface area contributed by atoms with Gasteiger partial charge in [0.05, 0.1) is 12.5 Å². The summed E-state index contributed by atoms with van der Waals surface area (Å²) in [5.41, 5.74) is 5.12. The number of carbonyl (C=O) groups is 1. The standard InChI is InChI=1S/C11H17N3O2S/c1-7-2-8(15)5-14(7)6-9-4-13-11(17-9)3-10(12)16/h4,7-8,15H,2-3,5-6H2,1H3,(H2,12,16). The highest BCUT2D eigenvalue weighted by molar-refractivity contribution is 7.11. The maximum atomic E-state index is 10.8. The normalized spacial score (nSPS) is 25.3. The SMILES string of the molecule is CC1CC(O)CN1Cc1cnc(CC(N)=O)s1. The molecule has 1 aromatic heterocycles. The molecule has 1 aliphatic rings. The zero-order valence-electron chi connectivity index (χ0n) is 9.80. The van der Waals surface area contributed by atoms with Crippen LogP contribution in [-0.2, 0) is 17.8 Å². The lowest BCUT2D eigenvalue weighted by Gasteiger charge is -2.19. The third-order valence-electron chi connectivity index (χ3n) is 2.97. The van der Waals surface area contributed by atoms with Crippen LogP contribution in [0, 0.1) is 0 Å². The van der Waals surface area contributed by atoms with Gasteiger partial charge in [0.1, 0.15) is 5.01 Å². The first kappa shape index (κ1) is 12.5. The van der Waals surface area contributed by atoms with E-state index in [0.29, 0.717) is 12.6 Å². The fourth-order valence-corrected chi connectivity index (χ4v) is 3.10. The highest BCUT2D eigenvalue weighted by Gasteiger charge is 2.27. The Hall–Kier alpha value is -0.980. The van der Waals surface area contributed by atoms with Crippen LogP contribution in [0.5, 0.6) is 0 Å². The minimum atomic E-state index is -0.351. The van der Waals surface area contributed by atoms with Crippen molar-refractivity contribution in [2.75, 3.05) is 6.54 Å². The van der Waals surface area contributed by atoms with E-state index < -0.39 is 0 Å². The Morgan fingerprint density at radius 3 is 3.12 bits per heavy atom. The van der Waals surface area contributed by atoms with Crippen LogP contribution in [0.15, 0.2) is 6.20 Å². The zero-order chi connectivity index (χ0) is 12.4. The molecule has 6 heteroatoms. The molecule has 1 aromatic rings. The van der Waals surface area contributed by atoms with Gasteiger partial charge in [0, 0.05) is 30.2 Å². The lowest BCUT2D eigenvalue weighted by atomic mass is 10.2. The van der Waals surface area contributed by atoms with Gasteiger partial charge in [0.2, 0.25) is 5.91 Å². The highest BCUT2D eigenvalue weighted by atomic mass is 32.1. The number of hydrogen-bond donors (Lipinski definition) is 2. The van der Waals surface area contributed by atoms with E-state index in [1.165, 1.54) is 11.3 Å². The van der Waals surface area contributed by atoms with E-state index in [0.717, 1.165) is 22.9 Å². The smallest absolute Gasteiger partial charge is 0.224 e. The molecule has 2 heterocycles. The Morgan fingerprint density at radius 2 is 2.53 bits per heavy atom. The molecule has 17 heavy (non-hydrogen) atoms. The number of primary amides is 1. The number of β-amino-alcohol motifs (C(OH)–C–C–N with tert-alkyl or cyclic N) is 1. The maximum Gasteiger partial charge on any atom is 0.224 e. The number of likely N-dealkylation sites (tertiary alicyclic amines) is 1. The third kappa shape index (κ3) is 3.24. The summed E-state index contributed by atoms with van der Waals surface area (Å²) >= 11 is 1.52. The van der Waals surface area contributed by atoms with Crippen molar-refractivity contribution in [3.8, 4) is 0 Å². The van der Waals surface area contributed by atoms with Crippen LogP contribution in [0.3, 0.4) is 0 Å². The second kappa shape index (κ2) is 5.12. The van der Waals surface area contributed by atoms with Gasteiger partial charge in [0.15, 0.2) is 0 Å². The lowest BCUT2D eigenvalue weighted by Crippen LogP contribution is -2.26. The molecule has 0 bridgehead atoms. The van der Waals surface area contributed by atoms with Crippen LogP contribution in [0.2, 0.25) is 0 Å². The minimum absolute atomic E-state index is 0.211. The fraction of sp³-hybridized carbons (Fsp3) is 0.636. The summed E-state index contributed by atoms with van der Waals surface area (Å²) in [6.45, 7) is 3.61. The first-order valence-electron chi connectivity index (χ1n) is 5.68. The molecule has 0 saturated carbocycles. The van der Waals surface area contributed by atoms with Crippen molar-refractivity contribution in [3.05, 3.63) is 16.1 Å². The Balaban J connectivity index is 1.95. The topological polar surface area (TPSA) is 79.4 Å². The summed E-state index contributed by atoms with van der Waals surface area (Å²) in [6.07, 6.45) is 2.61. The Labute approximate surface area is 104 Å². The lowest BCUT2D eigenvalue weighted by molar-refractivity contribution is -0.117. The summed E-state index contributed by atoms with van der Waals surface area (Å²) in [5, 5.41) is 10.3. The molecule has 1 saturated heterocycles. The summed E-state index contributed by atoms with van der Waals surface area (Å²) in [4.78, 5) is 18.3. The highest BCUT2D eigenvalue weighted by Crippen LogP contribution is 2.22. The second-order valence-electron chi connectivity index (χ2n) is 4.53. The van der Waals surface area contributed by atoms with Crippen molar-refractivity contribution in [2.24, 2.45) is 5.73 Å². The van der Waals surface area contributed by atoms with Crippen molar-refractivity contribution >= 4 is 17.2 Å². The number of nitrogens with two attached hydrogens (primary N) is 1. The van der Waals surface area contributed by atoms with Gasteiger partial charge < -0.3 is 10.8 Å². The van der Waals surface area contributed by atoms with Crippen LogP contribution in [0.4, 0.5) is 0 Å². The summed E-state index contributed by atoms with van der Waals surface area (Å²) in [7, 11) is 0. The molecule has 0 aliphatic carbocycles. The molecule has 2 atom stereocenters. The van der Waals surface area contributed by atoms with Crippen LogP contribution in [-0.4, -0.2) is 39.6 Å². The number of rotatable bonds is 4. The van der Waals surface area contributed by atoms with E-state index in [2.05, 4.69) is 16.8 Å². The van der Waals surface area contributed by atoms with Crippen LogP contribution >= 0.6 is 11.3 Å². The summed E-state index contributed by atoms with van der Waals surface area (Å²) in [5.74, 6) is -0.351. The maximum absolute atomic E-state index is 10.8. The van der Waals surface area contributed by atoms with Gasteiger partial charge in [-0.1, -0.05) is 0 Å². The van der Waals surface area contributed by atoms with Crippen molar-refractivity contribution in [3.63, 3.8) is 0 Å². The molecule has 0 spiro atoms. The van der Waals surface area contributed by atoms with Gasteiger partial charge in [-0.05, 0) is 13.3 Å². The molecule has 94 valence electrons. The average molecular weight is 255 g/mol. The van der Waals surface area contributed by atoms with Gasteiger partial charge in [-0.3, -0.25) is 9.69 Å². The number of aromatic nitrogens is 1. The van der Waals surface area contributed by atoms with E-state index in [1.54, 1.807) is 6.20 Å². The summed E-state index contributed by atoms with van der Waals surface area (Å²) in [6, 6.07) is 0.395. The number of thiazole rings is 1. The number of nitrogens with zero attached hydrogens (tertiary/aromatic N) is 2. The molecule has 5 nitrogen and oxygen atoms in total. The fourth-order valence-electron chi connectivity index (χ4n) is 2.14.